The fourth-order valence-electron chi connectivity index (χ4n) is 1.23. The third kappa shape index (κ3) is 5.70. The van der Waals surface area contributed by atoms with Gasteiger partial charge in [-0.25, -0.2) is 0 Å². The first-order valence-corrected chi connectivity index (χ1v) is 5.63. The van der Waals surface area contributed by atoms with Gasteiger partial charge in [0.05, 0.1) is 0 Å². The normalized spacial score (nSPS) is 14.4. The maximum Gasteiger partial charge on any atom is 0.242 e. The number of hydrogen-bond acceptors (Lipinski definition) is 3. The van der Waals surface area contributed by atoms with E-state index in [4.69, 9.17) is 0 Å². The number of rotatable bonds is 6. The van der Waals surface area contributed by atoms with Gasteiger partial charge >= 0.3 is 0 Å². The molecule has 0 fully saturated rings. The van der Waals surface area contributed by atoms with E-state index in [1.807, 2.05) is 20.8 Å². The van der Waals surface area contributed by atoms with Crippen LogP contribution in [0.15, 0.2) is 0 Å². The van der Waals surface area contributed by atoms with E-state index in [1.54, 1.807) is 14.0 Å². The minimum Gasteiger partial charge on any atom is -0.352 e. The van der Waals surface area contributed by atoms with Crippen LogP contribution in [0.3, 0.4) is 0 Å². The van der Waals surface area contributed by atoms with Crippen molar-refractivity contribution in [2.24, 2.45) is 5.92 Å². The molecule has 5 nitrogen and oxygen atoms in total. The van der Waals surface area contributed by atoms with Gasteiger partial charge in [0.1, 0.15) is 6.04 Å². The van der Waals surface area contributed by atoms with Gasteiger partial charge in [0, 0.05) is 18.5 Å². The Morgan fingerprint density at radius 2 is 1.56 bits per heavy atom. The number of hydrogen-bond donors (Lipinski definition) is 3. The predicted molar refractivity (Wildman–Crippen MR) is 64.0 cm³/mol. The molecule has 0 aromatic rings. The molecule has 0 spiro atoms. The zero-order chi connectivity index (χ0) is 12.7. The number of carbonyl (C=O) groups is 2. The molecule has 0 bridgehead atoms. The van der Waals surface area contributed by atoms with Crippen LogP contribution >= 0.6 is 0 Å². The van der Waals surface area contributed by atoms with Crippen molar-refractivity contribution in [1.82, 2.24) is 16.0 Å². The maximum absolute atomic E-state index is 11.6. The lowest BCUT2D eigenvalue weighted by Gasteiger charge is -2.18. The quantitative estimate of drug-likeness (QED) is 0.594. The Kier molecular flexibility index (Phi) is 6.72. The molecule has 0 aliphatic carbocycles. The van der Waals surface area contributed by atoms with E-state index in [1.165, 1.54) is 0 Å². The molecule has 0 radical (unpaired) electrons. The standard InChI is InChI=1S/C11H23N3O2/c1-7(2)13-11(16)9(4)14-10(15)8(3)6-12-5/h7-9,12H,6H2,1-5H3,(H,13,16)(H,14,15). The van der Waals surface area contributed by atoms with Crippen LogP contribution in [0, 0.1) is 5.92 Å². The molecule has 0 heterocycles. The molecule has 0 saturated heterocycles. The molecular weight excluding hydrogens is 206 g/mol. The minimum atomic E-state index is -0.491. The smallest absolute Gasteiger partial charge is 0.242 e. The minimum absolute atomic E-state index is 0.0848. The number of nitrogens with one attached hydrogen (secondary N) is 3. The van der Waals surface area contributed by atoms with E-state index in [0.29, 0.717) is 6.54 Å². The zero-order valence-electron chi connectivity index (χ0n) is 10.8. The molecular formula is C11H23N3O2. The summed E-state index contributed by atoms with van der Waals surface area (Å²) in [5.74, 6) is -0.403. The van der Waals surface area contributed by atoms with Crippen molar-refractivity contribution in [3.63, 3.8) is 0 Å². The van der Waals surface area contributed by atoms with Gasteiger partial charge in [0.15, 0.2) is 0 Å². The first-order chi connectivity index (χ1) is 7.38. The van der Waals surface area contributed by atoms with E-state index in [0.717, 1.165) is 0 Å². The highest BCUT2D eigenvalue weighted by atomic mass is 16.2. The second-order valence-electron chi connectivity index (χ2n) is 4.35. The van der Waals surface area contributed by atoms with Crippen LogP contribution in [0.5, 0.6) is 0 Å². The molecule has 0 rings (SSSR count). The highest BCUT2D eigenvalue weighted by molar-refractivity contribution is 5.88. The molecule has 3 N–H and O–H groups in total. The van der Waals surface area contributed by atoms with Crippen molar-refractivity contribution in [1.29, 1.82) is 0 Å². The molecule has 2 atom stereocenters. The van der Waals surface area contributed by atoms with E-state index in [9.17, 15) is 9.59 Å². The van der Waals surface area contributed by atoms with Crippen LogP contribution in [-0.4, -0.2) is 37.5 Å². The summed E-state index contributed by atoms with van der Waals surface area (Å²) in [5, 5.41) is 8.35. The molecule has 94 valence electrons. The van der Waals surface area contributed by atoms with Gasteiger partial charge in [-0.05, 0) is 27.8 Å². The Morgan fingerprint density at radius 3 is 2.00 bits per heavy atom. The monoisotopic (exact) mass is 229 g/mol. The Hall–Kier alpha value is -1.10. The summed E-state index contributed by atoms with van der Waals surface area (Å²) in [6.45, 7) is 7.87. The van der Waals surface area contributed by atoms with E-state index in [-0.39, 0.29) is 23.8 Å². The van der Waals surface area contributed by atoms with Gasteiger partial charge in [0.25, 0.3) is 0 Å². The molecule has 0 aliphatic rings. The first kappa shape index (κ1) is 14.9. The van der Waals surface area contributed by atoms with Crippen molar-refractivity contribution < 1.29 is 9.59 Å². The van der Waals surface area contributed by atoms with Crippen LogP contribution in [0.2, 0.25) is 0 Å². The van der Waals surface area contributed by atoms with Gasteiger partial charge in [0.2, 0.25) is 11.8 Å². The predicted octanol–water partition coefficient (Wildman–Crippen LogP) is -0.129. The molecule has 0 aromatic heterocycles. The van der Waals surface area contributed by atoms with Gasteiger partial charge in [-0.15, -0.1) is 0 Å². The fourth-order valence-corrected chi connectivity index (χ4v) is 1.23. The molecule has 0 aliphatic heterocycles. The van der Waals surface area contributed by atoms with Gasteiger partial charge in [-0.1, -0.05) is 6.92 Å². The largest absolute Gasteiger partial charge is 0.352 e. The summed E-state index contributed by atoms with van der Waals surface area (Å²) in [6.07, 6.45) is 0. The van der Waals surface area contributed by atoms with E-state index in [2.05, 4.69) is 16.0 Å². The summed E-state index contributed by atoms with van der Waals surface area (Å²) in [7, 11) is 1.79. The van der Waals surface area contributed by atoms with Crippen molar-refractivity contribution in [2.45, 2.75) is 39.8 Å². The average molecular weight is 229 g/mol. The second kappa shape index (κ2) is 7.22. The Morgan fingerprint density at radius 1 is 1.00 bits per heavy atom. The van der Waals surface area contributed by atoms with Gasteiger partial charge in [-0.3, -0.25) is 9.59 Å². The number of carbonyl (C=O) groups excluding carboxylic acids is 2. The maximum atomic E-state index is 11.6. The summed E-state index contributed by atoms with van der Waals surface area (Å²) >= 11 is 0. The summed E-state index contributed by atoms with van der Waals surface area (Å²) in [6, 6.07) is -0.407. The molecule has 2 amide bonds. The first-order valence-electron chi connectivity index (χ1n) is 5.63. The topological polar surface area (TPSA) is 70.2 Å². The molecule has 2 unspecified atom stereocenters. The lowest BCUT2D eigenvalue weighted by molar-refractivity contribution is -0.130. The summed E-state index contributed by atoms with van der Waals surface area (Å²) in [5.41, 5.74) is 0. The van der Waals surface area contributed by atoms with Crippen molar-refractivity contribution in [2.75, 3.05) is 13.6 Å². The number of amides is 2. The van der Waals surface area contributed by atoms with Gasteiger partial charge < -0.3 is 16.0 Å². The van der Waals surface area contributed by atoms with Crippen LogP contribution in [0.1, 0.15) is 27.7 Å². The van der Waals surface area contributed by atoms with Crippen LogP contribution in [0.4, 0.5) is 0 Å². The second-order valence-corrected chi connectivity index (χ2v) is 4.35. The average Bonchev–Trinajstić information content (AvgIpc) is 2.16. The van der Waals surface area contributed by atoms with Crippen molar-refractivity contribution in [3.05, 3.63) is 0 Å². The molecule has 16 heavy (non-hydrogen) atoms. The van der Waals surface area contributed by atoms with Gasteiger partial charge in [-0.2, -0.15) is 0 Å². The Balaban J connectivity index is 4.08. The SMILES string of the molecule is CNCC(C)C(=O)NC(C)C(=O)NC(C)C. The van der Waals surface area contributed by atoms with E-state index < -0.39 is 6.04 Å². The molecule has 5 heteroatoms. The molecule has 0 saturated carbocycles. The van der Waals surface area contributed by atoms with Crippen molar-refractivity contribution >= 4 is 11.8 Å². The fraction of sp³-hybridized carbons (Fsp3) is 0.818. The highest BCUT2D eigenvalue weighted by Crippen LogP contribution is 1.94. The third-order valence-corrected chi connectivity index (χ3v) is 2.14. The highest BCUT2D eigenvalue weighted by Gasteiger charge is 2.19. The summed E-state index contributed by atoms with van der Waals surface area (Å²) < 4.78 is 0. The van der Waals surface area contributed by atoms with Crippen molar-refractivity contribution in [3.8, 4) is 0 Å². The Bertz CT molecular complexity index is 241. The van der Waals surface area contributed by atoms with Crippen LogP contribution in [0.25, 0.3) is 0 Å². The van der Waals surface area contributed by atoms with E-state index >= 15 is 0 Å². The molecule has 0 aromatic carbocycles. The third-order valence-electron chi connectivity index (χ3n) is 2.14. The van der Waals surface area contributed by atoms with Crippen LogP contribution < -0.4 is 16.0 Å². The Labute approximate surface area is 97.4 Å². The zero-order valence-corrected chi connectivity index (χ0v) is 10.8. The lowest BCUT2D eigenvalue weighted by atomic mass is 10.1. The summed E-state index contributed by atoms with van der Waals surface area (Å²) in [4.78, 5) is 23.1. The van der Waals surface area contributed by atoms with Crippen LogP contribution in [-0.2, 0) is 9.59 Å². The lowest BCUT2D eigenvalue weighted by Crippen LogP contribution is -2.48.